The van der Waals surface area contributed by atoms with Crippen molar-refractivity contribution in [2.75, 3.05) is 46.4 Å². The highest BCUT2D eigenvalue weighted by Crippen LogP contribution is 2.18. The second kappa shape index (κ2) is 7.24. The van der Waals surface area contributed by atoms with Crippen molar-refractivity contribution in [3.8, 4) is 0 Å². The van der Waals surface area contributed by atoms with E-state index in [1.54, 1.807) is 13.3 Å². The smallest absolute Gasteiger partial charge is 0.383 e. The van der Waals surface area contributed by atoms with Gasteiger partial charge in [0, 0.05) is 52.2 Å². The summed E-state index contributed by atoms with van der Waals surface area (Å²) in [7, 11) is 1.65. The molecule has 0 atom stereocenters. The van der Waals surface area contributed by atoms with Crippen LogP contribution in [0, 0.1) is 0 Å². The van der Waals surface area contributed by atoms with Crippen LogP contribution < -0.4 is 0 Å². The van der Waals surface area contributed by atoms with Gasteiger partial charge in [-0.25, -0.2) is 4.98 Å². The fourth-order valence-corrected chi connectivity index (χ4v) is 2.44. The number of methoxy groups -OCH3 is 1. The van der Waals surface area contributed by atoms with Gasteiger partial charge in [0.15, 0.2) is 0 Å². The zero-order chi connectivity index (χ0) is 15.3. The first kappa shape index (κ1) is 16.3. The monoisotopic (exact) mass is 306 g/mol. The van der Waals surface area contributed by atoms with Gasteiger partial charge in [-0.05, 0) is 0 Å². The van der Waals surface area contributed by atoms with Gasteiger partial charge in [-0.1, -0.05) is 0 Å². The topological polar surface area (TPSA) is 33.5 Å². The van der Waals surface area contributed by atoms with Crippen LogP contribution in [-0.2, 0) is 17.8 Å². The van der Waals surface area contributed by atoms with Gasteiger partial charge in [0.25, 0.3) is 0 Å². The maximum absolute atomic E-state index is 12.3. The van der Waals surface area contributed by atoms with E-state index in [9.17, 15) is 13.2 Å². The zero-order valence-electron chi connectivity index (χ0n) is 12.1. The predicted molar refractivity (Wildman–Crippen MR) is 71.9 cm³/mol. The van der Waals surface area contributed by atoms with E-state index in [0.717, 1.165) is 12.4 Å². The lowest BCUT2D eigenvalue weighted by atomic mass is 10.3. The van der Waals surface area contributed by atoms with Crippen molar-refractivity contribution in [3.63, 3.8) is 0 Å². The summed E-state index contributed by atoms with van der Waals surface area (Å²) in [5, 5.41) is 0. The van der Waals surface area contributed by atoms with Crippen molar-refractivity contribution in [3.05, 3.63) is 18.2 Å². The predicted octanol–water partition coefficient (Wildman–Crippen LogP) is 1.21. The van der Waals surface area contributed by atoms with Crippen molar-refractivity contribution in [1.29, 1.82) is 0 Å². The average molecular weight is 306 g/mol. The van der Waals surface area contributed by atoms with E-state index in [4.69, 9.17) is 4.74 Å². The van der Waals surface area contributed by atoms with Crippen molar-refractivity contribution in [2.45, 2.75) is 19.3 Å². The van der Waals surface area contributed by atoms with E-state index in [1.807, 2.05) is 10.8 Å². The summed E-state index contributed by atoms with van der Waals surface area (Å²) >= 11 is 0. The van der Waals surface area contributed by atoms with Gasteiger partial charge >= 0.3 is 6.18 Å². The summed E-state index contributed by atoms with van der Waals surface area (Å²) in [5.74, 6) is 0.927. The average Bonchev–Trinajstić information content (AvgIpc) is 2.84. The molecule has 0 spiro atoms. The Balaban J connectivity index is 1.79. The first-order chi connectivity index (χ1) is 9.98. The van der Waals surface area contributed by atoms with Crippen molar-refractivity contribution in [2.24, 2.45) is 0 Å². The third-order valence-electron chi connectivity index (χ3n) is 3.57. The number of halogens is 3. The third-order valence-corrected chi connectivity index (χ3v) is 3.57. The van der Waals surface area contributed by atoms with Crippen LogP contribution in [0.25, 0.3) is 0 Å². The minimum atomic E-state index is -4.11. The first-order valence-corrected chi connectivity index (χ1v) is 6.98. The molecule has 0 amide bonds. The largest absolute Gasteiger partial charge is 0.401 e. The number of rotatable bonds is 6. The van der Waals surface area contributed by atoms with Crippen molar-refractivity contribution in [1.82, 2.24) is 19.4 Å². The Bertz CT molecular complexity index is 427. The number of nitrogens with zero attached hydrogens (tertiary/aromatic N) is 4. The molecule has 1 aromatic rings. The zero-order valence-corrected chi connectivity index (χ0v) is 12.1. The van der Waals surface area contributed by atoms with Gasteiger partial charge < -0.3 is 9.30 Å². The number of hydrogen-bond donors (Lipinski definition) is 0. The Hall–Kier alpha value is -1.12. The number of ether oxygens (including phenoxy) is 1. The molecule has 1 aliphatic rings. The molecule has 120 valence electrons. The molecule has 8 heteroatoms. The molecular formula is C13H21F3N4O. The highest BCUT2D eigenvalue weighted by molar-refractivity contribution is 4.93. The molecule has 1 fully saturated rings. The van der Waals surface area contributed by atoms with Gasteiger partial charge in [0.1, 0.15) is 5.82 Å². The Morgan fingerprint density at radius 2 is 1.86 bits per heavy atom. The molecule has 5 nitrogen and oxygen atoms in total. The van der Waals surface area contributed by atoms with Crippen LogP contribution in [0.15, 0.2) is 12.4 Å². The molecule has 0 radical (unpaired) electrons. The molecule has 0 bridgehead atoms. The Morgan fingerprint density at radius 3 is 2.48 bits per heavy atom. The van der Waals surface area contributed by atoms with Crippen LogP contribution in [0.5, 0.6) is 0 Å². The molecule has 0 aromatic carbocycles. The minimum absolute atomic E-state index is 0.443. The summed E-state index contributed by atoms with van der Waals surface area (Å²) in [6.07, 6.45) is -0.474. The molecule has 0 N–H and O–H groups in total. The summed E-state index contributed by atoms with van der Waals surface area (Å²) in [5.41, 5.74) is 0. The van der Waals surface area contributed by atoms with Crippen LogP contribution in [0.1, 0.15) is 5.82 Å². The van der Waals surface area contributed by atoms with E-state index < -0.39 is 12.7 Å². The quantitative estimate of drug-likeness (QED) is 0.791. The molecular weight excluding hydrogens is 285 g/mol. The molecule has 1 aromatic heterocycles. The summed E-state index contributed by atoms with van der Waals surface area (Å²) in [6, 6.07) is 0. The van der Waals surface area contributed by atoms with Gasteiger partial charge in [0.2, 0.25) is 0 Å². The van der Waals surface area contributed by atoms with E-state index in [1.165, 1.54) is 4.90 Å². The second-order valence-corrected chi connectivity index (χ2v) is 5.20. The summed E-state index contributed by atoms with van der Waals surface area (Å²) in [6.45, 7) is 3.35. The van der Waals surface area contributed by atoms with Gasteiger partial charge in [-0.2, -0.15) is 13.2 Å². The maximum atomic E-state index is 12.3. The summed E-state index contributed by atoms with van der Waals surface area (Å²) in [4.78, 5) is 7.90. The van der Waals surface area contributed by atoms with Gasteiger partial charge in [0.05, 0.1) is 19.7 Å². The maximum Gasteiger partial charge on any atom is 0.401 e. The SMILES string of the molecule is COCCn1ccnc1CN1CCN(CC(F)(F)F)CC1. The van der Waals surface area contributed by atoms with Crippen LogP contribution in [0.2, 0.25) is 0 Å². The van der Waals surface area contributed by atoms with Gasteiger partial charge in [-0.3, -0.25) is 9.80 Å². The van der Waals surface area contributed by atoms with Crippen LogP contribution in [-0.4, -0.2) is 72.0 Å². The van der Waals surface area contributed by atoms with E-state index in [2.05, 4.69) is 9.88 Å². The number of hydrogen-bond acceptors (Lipinski definition) is 4. The molecule has 2 heterocycles. The molecule has 2 rings (SSSR count). The van der Waals surface area contributed by atoms with Crippen molar-refractivity contribution < 1.29 is 17.9 Å². The fraction of sp³-hybridized carbons (Fsp3) is 0.769. The van der Waals surface area contributed by atoms with Crippen LogP contribution in [0.3, 0.4) is 0 Å². The van der Waals surface area contributed by atoms with E-state index in [0.29, 0.717) is 39.3 Å². The highest BCUT2D eigenvalue weighted by Gasteiger charge is 2.32. The fourth-order valence-electron chi connectivity index (χ4n) is 2.44. The first-order valence-electron chi connectivity index (χ1n) is 6.98. The molecule has 0 aliphatic carbocycles. The lowest BCUT2D eigenvalue weighted by Gasteiger charge is -2.34. The number of alkyl halides is 3. The second-order valence-electron chi connectivity index (χ2n) is 5.20. The molecule has 1 saturated heterocycles. The lowest BCUT2D eigenvalue weighted by molar-refractivity contribution is -0.149. The standard InChI is InChI=1S/C13H21F3N4O/c1-21-9-8-20-3-2-17-12(20)10-18-4-6-19(7-5-18)11-13(14,15)16/h2-3H,4-11H2,1H3. The van der Waals surface area contributed by atoms with Gasteiger partial charge in [-0.15, -0.1) is 0 Å². The molecule has 0 unspecified atom stereocenters. The normalized spacial score (nSPS) is 18.3. The molecule has 21 heavy (non-hydrogen) atoms. The third kappa shape index (κ3) is 5.29. The Morgan fingerprint density at radius 1 is 1.19 bits per heavy atom. The highest BCUT2D eigenvalue weighted by atomic mass is 19.4. The Labute approximate surface area is 122 Å². The minimum Gasteiger partial charge on any atom is -0.383 e. The summed E-state index contributed by atoms with van der Waals surface area (Å²) < 4.78 is 44.1. The number of aromatic nitrogens is 2. The molecule has 0 saturated carbocycles. The molecule has 1 aliphatic heterocycles. The van der Waals surface area contributed by atoms with E-state index in [-0.39, 0.29) is 0 Å². The van der Waals surface area contributed by atoms with Crippen LogP contribution in [0.4, 0.5) is 13.2 Å². The number of piperazine rings is 1. The van der Waals surface area contributed by atoms with Crippen molar-refractivity contribution >= 4 is 0 Å². The number of imidazole rings is 1. The van der Waals surface area contributed by atoms with E-state index >= 15 is 0 Å². The Kier molecular flexibility index (Phi) is 5.60. The van der Waals surface area contributed by atoms with Crippen LogP contribution >= 0.6 is 0 Å². The lowest BCUT2D eigenvalue weighted by Crippen LogP contribution is -2.48.